The van der Waals surface area contributed by atoms with E-state index in [0.29, 0.717) is 22.3 Å². The highest BCUT2D eigenvalue weighted by Gasteiger charge is 2.53. The maximum Gasteiger partial charge on any atom is 0.181 e. The van der Waals surface area contributed by atoms with Crippen molar-refractivity contribution in [3.63, 3.8) is 0 Å². The van der Waals surface area contributed by atoms with Gasteiger partial charge in [-0.05, 0) is 43.4 Å². The molecule has 0 amide bonds. The van der Waals surface area contributed by atoms with Crippen LogP contribution in [0.2, 0.25) is 0 Å². The van der Waals surface area contributed by atoms with Crippen LogP contribution in [-0.2, 0) is 9.84 Å². The Bertz CT molecular complexity index is 1020. The van der Waals surface area contributed by atoms with Crippen molar-refractivity contribution in [2.45, 2.75) is 19.0 Å². The summed E-state index contributed by atoms with van der Waals surface area (Å²) in [6.45, 7) is 2.02. The van der Waals surface area contributed by atoms with Crippen LogP contribution in [-0.4, -0.2) is 51.3 Å². The lowest BCUT2D eigenvalue weighted by molar-refractivity contribution is 0.403. The lowest BCUT2D eigenvalue weighted by Gasteiger charge is -2.27. The molecule has 28 heavy (non-hydrogen) atoms. The minimum Gasteiger partial charge on any atom is -0.497 e. The highest BCUT2D eigenvalue weighted by Crippen LogP contribution is 2.42. The molecular formula is C20H22N2O4S2. The zero-order valence-corrected chi connectivity index (χ0v) is 17.6. The van der Waals surface area contributed by atoms with Crippen molar-refractivity contribution in [2.24, 2.45) is 0 Å². The van der Waals surface area contributed by atoms with Gasteiger partial charge < -0.3 is 19.3 Å². The van der Waals surface area contributed by atoms with Crippen LogP contribution in [0.4, 0.5) is 11.4 Å². The van der Waals surface area contributed by atoms with Crippen molar-refractivity contribution in [3.05, 3.63) is 48.0 Å². The van der Waals surface area contributed by atoms with Gasteiger partial charge in [0.15, 0.2) is 14.9 Å². The zero-order chi connectivity index (χ0) is 20.1. The van der Waals surface area contributed by atoms with E-state index in [1.165, 1.54) is 0 Å². The summed E-state index contributed by atoms with van der Waals surface area (Å²) in [5.74, 6) is 1.41. The Morgan fingerprint density at radius 1 is 0.964 bits per heavy atom. The molecule has 0 radical (unpaired) electrons. The first-order valence-corrected chi connectivity index (χ1v) is 11.2. The summed E-state index contributed by atoms with van der Waals surface area (Å²) in [4.78, 5) is 3.87. The van der Waals surface area contributed by atoms with Gasteiger partial charge in [-0.25, -0.2) is 8.42 Å². The van der Waals surface area contributed by atoms with Gasteiger partial charge in [-0.1, -0.05) is 17.7 Å². The zero-order valence-electron chi connectivity index (χ0n) is 16.0. The van der Waals surface area contributed by atoms with Crippen molar-refractivity contribution >= 4 is 38.5 Å². The number of hydrogen-bond acceptors (Lipinski definition) is 5. The second-order valence-electron chi connectivity index (χ2n) is 7.11. The first kappa shape index (κ1) is 19.0. The molecule has 148 valence electrons. The summed E-state index contributed by atoms with van der Waals surface area (Å²) in [6.07, 6.45) is 0. The molecule has 2 aromatic rings. The number of thiocarbonyl (C=S) groups is 1. The van der Waals surface area contributed by atoms with E-state index < -0.39 is 9.84 Å². The average molecular weight is 419 g/mol. The van der Waals surface area contributed by atoms with E-state index in [4.69, 9.17) is 21.7 Å². The van der Waals surface area contributed by atoms with Gasteiger partial charge in [0.1, 0.15) is 11.5 Å². The van der Waals surface area contributed by atoms with E-state index >= 15 is 0 Å². The number of sulfone groups is 1. The Hall–Kier alpha value is -2.32. The molecule has 2 aromatic carbocycles. The van der Waals surface area contributed by atoms with Gasteiger partial charge >= 0.3 is 0 Å². The smallest absolute Gasteiger partial charge is 0.181 e. The summed E-state index contributed by atoms with van der Waals surface area (Å²) < 4.78 is 35.9. The fourth-order valence-electron chi connectivity index (χ4n) is 3.98. The average Bonchev–Trinajstić information content (AvgIpc) is 3.10. The topological polar surface area (TPSA) is 59.1 Å². The summed E-state index contributed by atoms with van der Waals surface area (Å²) >= 11 is 5.84. The van der Waals surface area contributed by atoms with E-state index in [1.54, 1.807) is 14.2 Å². The molecule has 0 aliphatic carbocycles. The summed E-state index contributed by atoms with van der Waals surface area (Å²) in [6, 6.07) is 12.9. The van der Waals surface area contributed by atoms with Gasteiger partial charge in [0.25, 0.3) is 0 Å². The van der Waals surface area contributed by atoms with E-state index in [1.807, 2.05) is 59.2 Å². The fourth-order valence-corrected chi connectivity index (χ4v) is 6.37. The van der Waals surface area contributed by atoms with Gasteiger partial charge in [-0.15, -0.1) is 0 Å². The lowest BCUT2D eigenvalue weighted by atomic mass is 10.1. The predicted octanol–water partition coefficient (Wildman–Crippen LogP) is 2.79. The van der Waals surface area contributed by atoms with Crippen LogP contribution < -0.4 is 19.3 Å². The van der Waals surface area contributed by atoms with Gasteiger partial charge in [-0.3, -0.25) is 0 Å². The first-order chi connectivity index (χ1) is 13.3. The number of aryl methyl sites for hydroxylation is 1. The van der Waals surface area contributed by atoms with Crippen molar-refractivity contribution in [3.8, 4) is 11.5 Å². The summed E-state index contributed by atoms with van der Waals surface area (Å²) in [7, 11) is 0.0117. The number of hydrogen-bond donors (Lipinski definition) is 0. The number of rotatable bonds is 4. The molecule has 2 saturated heterocycles. The molecule has 0 unspecified atom stereocenters. The van der Waals surface area contributed by atoms with Crippen LogP contribution in [0.15, 0.2) is 42.5 Å². The van der Waals surface area contributed by atoms with E-state index in [9.17, 15) is 8.42 Å². The lowest BCUT2D eigenvalue weighted by Crippen LogP contribution is -2.37. The monoisotopic (exact) mass is 418 g/mol. The molecule has 0 bridgehead atoms. The second kappa shape index (κ2) is 6.93. The van der Waals surface area contributed by atoms with Crippen molar-refractivity contribution < 1.29 is 17.9 Å². The van der Waals surface area contributed by atoms with Crippen LogP contribution in [0.25, 0.3) is 0 Å². The number of fused-ring (bicyclic) bond motifs is 1. The Kier molecular flexibility index (Phi) is 4.71. The molecule has 8 heteroatoms. The molecule has 2 heterocycles. The molecule has 0 aromatic heterocycles. The largest absolute Gasteiger partial charge is 0.497 e. The molecule has 0 spiro atoms. The van der Waals surface area contributed by atoms with Crippen molar-refractivity contribution in [1.82, 2.24) is 0 Å². The third-order valence-corrected chi connectivity index (χ3v) is 7.42. The van der Waals surface area contributed by atoms with Gasteiger partial charge in [0.2, 0.25) is 0 Å². The Balaban J connectivity index is 1.84. The quantitative estimate of drug-likeness (QED) is 0.708. The molecule has 2 atom stereocenters. The van der Waals surface area contributed by atoms with Crippen LogP contribution in [0.5, 0.6) is 11.5 Å². The van der Waals surface area contributed by atoms with Gasteiger partial charge in [0.05, 0.1) is 43.5 Å². The Morgan fingerprint density at radius 2 is 1.61 bits per heavy atom. The van der Waals surface area contributed by atoms with Crippen LogP contribution in [0.3, 0.4) is 0 Å². The molecule has 4 rings (SSSR count). The number of benzene rings is 2. The predicted molar refractivity (Wildman–Crippen MR) is 115 cm³/mol. The summed E-state index contributed by atoms with van der Waals surface area (Å²) in [5, 5.41) is 0.570. The third kappa shape index (κ3) is 3.10. The molecule has 2 aliphatic heterocycles. The maximum absolute atomic E-state index is 12.5. The number of ether oxygens (including phenoxy) is 2. The van der Waals surface area contributed by atoms with E-state index in [0.717, 1.165) is 11.3 Å². The highest BCUT2D eigenvalue weighted by molar-refractivity contribution is 7.91. The van der Waals surface area contributed by atoms with Crippen LogP contribution >= 0.6 is 12.2 Å². The van der Waals surface area contributed by atoms with Crippen LogP contribution in [0, 0.1) is 6.92 Å². The van der Waals surface area contributed by atoms with Gasteiger partial charge in [-0.2, -0.15) is 0 Å². The Labute approximate surface area is 170 Å². The van der Waals surface area contributed by atoms with Crippen molar-refractivity contribution in [1.29, 1.82) is 0 Å². The first-order valence-electron chi connectivity index (χ1n) is 8.96. The van der Waals surface area contributed by atoms with E-state index in [-0.39, 0.29) is 23.6 Å². The fraction of sp³-hybridized carbons (Fsp3) is 0.350. The van der Waals surface area contributed by atoms with Crippen molar-refractivity contribution in [2.75, 3.05) is 35.5 Å². The standard InChI is InChI=1S/C20H22N2O4S2/c1-13-4-6-14(7-5-13)21-17-11-28(23,24)12-18(17)22(20(21)27)16-10-15(25-2)8-9-19(16)26-3/h4-10,17-18H,11-12H2,1-3H3/t17-,18-/m0/s1. The number of anilines is 2. The minimum atomic E-state index is -3.17. The normalized spacial score (nSPS) is 23.0. The van der Waals surface area contributed by atoms with Crippen LogP contribution in [0.1, 0.15) is 5.56 Å². The summed E-state index contributed by atoms with van der Waals surface area (Å²) in [5.41, 5.74) is 2.75. The molecule has 6 nitrogen and oxygen atoms in total. The molecule has 2 aliphatic rings. The molecule has 0 saturated carbocycles. The third-order valence-electron chi connectivity index (χ3n) is 5.33. The second-order valence-corrected chi connectivity index (χ2v) is 9.63. The van der Waals surface area contributed by atoms with Gasteiger partial charge in [0, 0.05) is 11.8 Å². The molecule has 2 fully saturated rings. The molecular weight excluding hydrogens is 396 g/mol. The number of nitrogens with zero attached hydrogens (tertiary/aromatic N) is 2. The maximum atomic E-state index is 12.5. The van der Waals surface area contributed by atoms with E-state index in [2.05, 4.69) is 0 Å². The minimum absolute atomic E-state index is 0.0561. The molecule has 0 N–H and O–H groups in total. The number of methoxy groups -OCH3 is 2. The highest BCUT2D eigenvalue weighted by atomic mass is 32.2. The SMILES string of the molecule is COc1ccc(OC)c(N2C(=S)N(c3ccc(C)cc3)[C@H]3CS(=O)(=O)C[C@@H]32)c1. The Morgan fingerprint density at radius 3 is 2.21 bits per heavy atom.